The molecule has 0 aromatic carbocycles. The van der Waals surface area contributed by atoms with E-state index in [1.165, 1.54) is 18.2 Å². The summed E-state index contributed by atoms with van der Waals surface area (Å²) in [6.07, 6.45) is 9.17. The fourth-order valence-electron chi connectivity index (χ4n) is 0.999. The molecule has 0 heterocycles. The van der Waals surface area contributed by atoms with Crippen LogP contribution in [0.5, 0.6) is 0 Å². The van der Waals surface area contributed by atoms with Crippen LogP contribution >= 0.6 is 0 Å². The number of rotatable bonds is 6. The van der Waals surface area contributed by atoms with E-state index in [4.69, 9.17) is 5.11 Å². The summed E-state index contributed by atoms with van der Waals surface area (Å²) in [5.41, 5.74) is 0. The van der Waals surface area contributed by atoms with E-state index in [0.29, 0.717) is 12.8 Å². The third-order valence-electron chi connectivity index (χ3n) is 1.92. The van der Waals surface area contributed by atoms with Crippen LogP contribution in [0, 0.1) is 11.8 Å². The molecule has 3 heteroatoms. The van der Waals surface area contributed by atoms with Gasteiger partial charge in [-0.1, -0.05) is 30.1 Å². The molecule has 0 fully saturated rings. The second-order valence-corrected chi connectivity index (χ2v) is 3.42. The van der Waals surface area contributed by atoms with Crippen molar-refractivity contribution in [2.45, 2.75) is 32.0 Å². The maximum absolute atomic E-state index is 9.51. The van der Waals surface area contributed by atoms with E-state index in [9.17, 15) is 10.2 Å². The minimum Gasteiger partial charge on any atom is -0.396 e. The molecule has 0 bridgehead atoms. The van der Waals surface area contributed by atoms with Crippen molar-refractivity contribution in [1.82, 2.24) is 0 Å². The van der Waals surface area contributed by atoms with Crippen LogP contribution in [-0.2, 0) is 0 Å². The van der Waals surface area contributed by atoms with Crippen molar-refractivity contribution in [2.75, 3.05) is 6.61 Å². The Kier molecular flexibility index (Phi) is 10.3. The zero-order chi connectivity index (χ0) is 12.9. The van der Waals surface area contributed by atoms with Crippen LogP contribution in [0.25, 0.3) is 0 Å². The predicted molar refractivity (Wildman–Crippen MR) is 69.2 cm³/mol. The van der Waals surface area contributed by atoms with Crippen molar-refractivity contribution < 1.29 is 15.3 Å². The Hall–Kier alpha value is -1.34. The second kappa shape index (κ2) is 11.2. The third-order valence-corrected chi connectivity index (χ3v) is 1.92. The van der Waals surface area contributed by atoms with Crippen LogP contribution in [0.1, 0.15) is 19.8 Å². The zero-order valence-corrected chi connectivity index (χ0v) is 10.1. The van der Waals surface area contributed by atoms with Gasteiger partial charge in [-0.15, -0.1) is 0 Å². The van der Waals surface area contributed by atoms with Crippen molar-refractivity contribution in [1.29, 1.82) is 0 Å². The lowest BCUT2D eigenvalue weighted by molar-refractivity contribution is 0.0807. The number of aliphatic hydroxyl groups excluding tert-OH is 3. The van der Waals surface area contributed by atoms with Gasteiger partial charge in [0.05, 0.1) is 0 Å². The highest BCUT2D eigenvalue weighted by atomic mass is 16.3. The molecule has 0 aromatic heterocycles. The molecule has 0 amide bonds. The minimum absolute atomic E-state index is 0.128. The van der Waals surface area contributed by atoms with Crippen LogP contribution in [0.4, 0.5) is 0 Å². The number of aliphatic hydroxyl groups is 3. The van der Waals surface area contributed by atoms with Crippen LogP contribution in [0.2, 0.25) is 0 Å². The van der Waals surface area contributed by atoms with Crippen molar-refractivity contribution in [3.05, 3.63) is 36.5 Å². The SMILES string of the molecule is CC=CC#CC=CC(O)C(O)C=CCCCO. The van der Waals surface area contributed by atoms with E-state index >= 15 is 0 Å². The predicted octanol–water partition coefficient (Wildman–Crippen LogP) is 1.17. The summed E-state index contributed by atoms with van der Waals surface area (Å²) >= 11 is 0. The molecular formula is C14H20O3. The lowest BCUT2D eigenvalue weighted by Gasteiger charge is -2.08. The Morgan fingerprint density at radius 2 is 1.71 bits per heavy atom. The molecule has 3 nitrogen and oxygen atoms in total. The van der Waals surface area contributed by atoms with Crippen LogP contribution in [0.15, 0.2) is 36.5 Å². The summed E-state index contributed by atoms with van der Waals surface area (Å²) < 4.78 is 0. The Balaban J connectivity index is 4.01. The van der Waals surface area contributed by atoms with Crippen molar-refractivity contribution in [2.24, 2.45) is 0 Å². The van der Waals surface area contributed by atoms with Crippen molar-refractivity contribution >= 4 is 0 Å². The van der Waals surface area contributed by atoms with Gasteiger partial charge in [-0.3, -0.25) is 0 Å². The summed E-state index contributed by atoms with van der Waals surface area (Å²) in [4.78, 5) is 0. The van der Waals surface area contributed by atoms with Gasteiger partial charge in [-0.25, -0.2) is 0 Å². The second-order valence-electron chi connectivity index (χ2n) is 3.42. The van der Waals surface area contributed by atoms with Gasteiger partial charge in [0.2, 0.25) is 0 Å². The Morgan fingerprint density at radius 1 is 1.06 bits per heavy atom. The Labute approximate surface area is 103 Å². The molecule has 0 saturated heterocycles. The summed E-state index contributed by atoms with van der Waals surface area (Å²) in [5, 5.41) is 27.6. The van der Waals surface area contributed by atoms with Crippen molar-refractivity contribution in [3.8, 4) is 11.8 Å². The van der Waals surface area contributed by atoms with Gasteiger partial charge in [0.15, 0.2) is 0 Å². The van der Waals surface area contributed by atoms with Crippen LogP contribution in [0.3, 0.4) is 0 Å². The molecule has 2 atom stereocenters. The molecule has 0 aliphatic carbocycles. The summed E-state index contributed by atoms with van der Waals surface area (Å²) in [7, 11) is 0. The maximum atomic E-state index is 9.51. The lowest BCUT2D eigenvalue weighted by atomic mass is 10.1. The lowest BCUT2D eigenvalue weighted by Crippen LogP contribution is -2.20. The highest BCUT2D eigenvalue weighted by molar-refractivity contribution is 5.24. The largest absolute Gasteiger partial charge is 0.396 e. The first-order chi connectivity index (χ1) is 8.22. The fourth-order valence-corrected chi connectivity index (χ4v) is 0.999. The normalized spacial score (nSPS) is 15.3. The molecular weight excluding hydrogens is 216 g/mol. The molecule has 0 aromatic rings. The summed E-state index contributed by atoms with van der Waals surface area (Å²) in [6, 6.07) is 0. The molecule has 3 N–H and O–H groups in total. The molecule has 0 radical (unpaired) electrons. The average Bonchev–Trinajstić information content (AvgIpc) is 2.34. The van der Waals surface area contributed by atoms with Gasteiger partial charge in [-0.2, -0.15) is 0 Å². The van der Waals surface area contributed by atoms with E-state index < -0.39 is 12.2 Å². The zero-order valence-electron chi connectivity index (χ0n) is 10.1. The summed E-state index contributed by atoms with van der Waals surface area (Å²) in [6.45, 7) is 2.00. The van der Waals surface area contributed by atoms with E-state index in [1.807, 2.05) is 13.0 Å². The number of unbranched alkanes of at least 4 members (excludes halogenated alkanes) is 1. The molecule has 17 heavy (non-hydrogen) atoms. The van der Waals surface area contributed by atoms with Crippen LogP contribution < -0.4 is 0 Å². The highest BCUT2D eigenvalue weighted by Crippen LogP contribution is 1.99. The van der Waals surface area contributed by atoms with Gasteiger partial charge < -0.3 is 15.3 Å². The fraction of sp³-hybridized carbons (Fsp3) is 0.429. The molecule has 0 saturated carbocycles. The topological polar surface area (TPSA) is 60.7 Å². The van der Waals surface area contributed by atoms with E-state index in [0.717, 1.165) is 0 Å². The van der Waals surface area contributed by atoms with Gasteiger partial charge in [-0.05, 0) is 38.0 Å². The number of allylic oxidation sites excluding steroid dienone is 4. The third kappa shape index (κ3) is 9.58. The smallest absolute Gasteiger partial charge is 0.102 e. The Bertz CT molecular complexity index is 318. The maximum Gasteiger partial charge on any atom is 0.102 e. The minimum atomic E-state index is -0.958. The molecule has 0 aliphatic heterocycles. The molecule has 0 spiro atoms. The van der Waals surface area contributed by atoms with E-state index in [-0.39, 0.29) is 6.61 Å². The molecule has 0 aliphatic rings. The van der Waals surface area contributed by atoms with Gasteiger partial charge in [0.25, 0.3) is 0 Å². The van der Waals surface area contributed by atoms with Gasteiger partial charge in [0.1, 0.15) is 12.2 Å². The monoisotopic (exact) mass is 236 g/mol. The first-order valence-corrected chi connectivity index (χ1v) is 5.65. The van der Waals surface area contributed by atoms with Gasteiger partial charge in [0, 0.05) is 6.61 Å². The molecule has 0 rings (SSSR count). The van der Waals surface area contributed by atoms with E-state index in [2.05, 4.69) is 11.8 Å². The molecule has 94 valence electrons. The molecule has 2 unspecified atom stereocenters. The first-order valence-electron chi connectivity index (χ1n) is 5.65. The first kappa shape index (κ1) is 15.7. The van der Waals surface area contributed by atoms with Crippen LogP contribution in [-0.4, -0.2) is 34.1 Å². The standard InChI is InChI=1S/C14H20O3/c1-2-3-4-5-7-10-13(16)14(17)11-8-6-9-12-15/h2-3,7-8,10-11,13-17H,6,9,12H2,1H3. The Morgan fingerprint density at radius 3 is 2.35 bits per heavy atom. The van der Waals surface area contributed by atoms with Crippen molar-refractivity contribution in [3.63, 3.8) is 0 Å². The number of hydrogen-bond acceptors (Lipinski definition) is 3. The number of hydrogen-bond donors (Lipinski definition) is 3. The quantitative estimate of drug-likeness (QED) is 0.368. The highest BCUT2D eigenvalue weighted by Gasteiger charge is 2.07. The van der Waals surface area contributed by atoms with Gasteiger partial charge >= 0.3 is 0 Å². The average molecular weight is 236 g/mol. The summed E-state index contributed by atoms with van der Waals surface area (Å²) in [5.74, 6) is 5.44. The van der Waals surface area contributed by atoms with E-state index in [1.54, 1.807) is 12.2 Å².